The van der Waals surface area contributed by atoms with E-state index in [-0.39, 0.29) is 17.0 Å². The quantitative estimate of drug-likeness (QED) is 0.690. The summed E-state index contributed by atoms with van der Waals surface area (Å²) >= 11 is 1.26. The summed E-state index contributed by atoms with van der Waals surface area (Å²) in [4.78, 5) is 20.7. The molecule has 0 saturated carbocycles. The van der Waals surface area contributed by atoms with E-state index in [1.807, 2.05) is 0 Å². The van der Waals surface area contributed by atoms with Gasteiger partial charge in [-0.2, -0.15) is 0 Å². The van der Waals surface area contributed by atoms with Crippen molar-refractivity contribution >= 4 is 33.3 Å². The first-order valence-corrected chi connectivity index (χ1v) is 7.46. The molecule has 0 aliphatic heterocycles. The lowest BCUT2D eigenvalue weighted by Crippen LogP contribution is -2.17. The molecule has 6 nitrogen and oxygen atoms in total. The Morgan fingerprint density at radius 3 is 2.82 bits per heavy atom. The first kappa shape index (κ1) is 14.4. The van der Waals surface area contributed by atoms with Crippen LogP contribution in [0.5, 0.6) is 5.75 Å². The first-order valence-electron chi connectivity index (χ1n) is 6.58. The number of aliphatic hydroxyl groups excluding tert-OH is 1. The van der Waals surface area contributed by atoms with Gasteiger partial charge in [-0.25, -0.2) is 9.97 Å². The number of anilines is 1. The van der Waals surface area contributed by atoms with E-state index in [4.69, 9.17) is 0 Å². The molecule has 0 aliphatic rings. The predicted octanol–water partition coefficient (Wildman–Crippen LogP) is 2.70. The van der Waals surface area contributed by atoms with E-state index in [1.165, 1.54) is 18.3 Å². The molecule has 7 heteroatoms. The van der Waals surface area contributed by atoms with Crippen molar-refractivity contribution in [3.8, 4) is 5.75 Å². The minimum atomic E-state index is -0.993. The van der Waals surface area contributed by atoms with Gasteiger partial charge in [-0.3, -0.25) is 10.1 Å². The lowest BCUT2D eigenvalue weighted by atomic mass is 10.0. The van der Waals surface area contributed by atoms with Crippen LogP contribution in [0.1, 0.15) is 29.1 Å². The van der Waals surface area contributed by atoms with E-state index in [2.05, 4.69) is 15.3 Å². The van der Waals surface area contributed by atoms with Gasteiger partial charge in [-0.1, -0.05) is 12.1 Å². The van der Waals surface area contributed by atoms with Crippen LogP contribution < -0.4 is 5.32 Å². The minimum absolute atomic E-state index is 0.0381. The normalized spacial score (nSPS) is 12.3. The SMILES string of the molecule is CC(O)c1nc2ccccc2c(O)c1C(=O)Nc1nccs1. The fraction of sp³-hybridized carbons (Fsp3) is 0.133. The van der Waals surface area contributed by atoms with E-state index in [0.717, 1.165) is 0 Å². The lowest BCUT2D eigenvalue weighted by molar-refractivity contribution is 0.101. The molecule has 3 aromatic rings. The smallest absolute Gasteiger partial charge is 0.263 e. The van der Waals surface area contributed by atoms with Crippen LogP contribution in [0.15, 0.2) is 35.8 Å². The zero-order chi connectivity index (χ0) is 15.7. The van der Waals surface area contributed by atoms with Crippen LogP contribution in [0, 0.1) is 0 Å². The molecule has 2 aromatic heterocycles. The van der Waals surface area contributed by atoms with Crippen molar-refractivity contribution < 1.29 is 15.0 Å². The number of carbonyl (C=O) groups excluding carboxylic acids is 1. The highest BCUT2D eigenvalue weighted by atomic mass is 32.1. The zero-order valence-electron chi connectivity index (χ0n) is 11.6. The number of thiazole rings is 1. The van der Waals surface area contributed by atoms with Crippen LogP contribution in [0.2, 0.25) is 0 Å². The Kier molecular flexibility index (Phi) is 3.74. The van der Waals surface area contributed by atoms with Crippen molar-refractivity contribution in [2.45, 2.75) is 13.0 Å². The zero-order valence-corrected chi connectivity index (χ0v) is 12.5. The molecule has 2 heterocycles. The van der Waals surface area contributed by atoms with E-state index in [0.29, 0.717) is 16.0 Å². The maximum Gasteiger partial charge on any atom is 0.263 e. The number of hydrogen-bond donors (Lipinski definition) is 3. The molecule has 112 valence electrons. The third-order valence-electron chi connectivity index (χ3n) is 3.17. The Morgan fingerprint density at radius 1 is 1.36 bits per heavy atom. The summed E-state index contributed by atoms with van der Waals surface area (Å²) in [6.07, 6.45) is 0.571. The van der Waals surface area contributed by atoms with Crippen molar-refractivity contribution in [3.63, 3.8) is 0 Å². The van der Waals surface area contributed by atoms with Gasteiger partial charge in [0.05, 0.1) is 17.3 Å². The number of aromatic hydroxyl groups is 1. The van der Waals surface area contributed by atoms with Gasteiger partial charge in [-0.05, 0) is 19.1 Å². The summed E-state index contributed by atoms with van der Waals surface area (Å²) in [6, 6.07) is 6.90. The molecule has 3 rings (SSSR count). The monoisotopic (exact) mass is 315 g/mol. The van der Waals surface area contributed by atoms with Crippen molar-refractivity contribution in [2.75, 3.05) is 5.32 Å². The van der Waals surface area contributed by atoms with Crippen molar-refractivity contribution in [1.82, 2.24) is 9.97 Å². The van der Waals surface area contributed by atoms with Gasteiger partial charge in [0.15, 0.2) is 5.13 Å². The van der Waals surface area contributed by atoms with Gasteiger partial charge in [0.25, 0.3) is 5.91 Å². The van der Waals surface area contributed by atoms with Gasteiger partial charge >= 0.3 is 0 Å². The molecule has 0 fully saturated rings. The summed E-state index contributed by atoms with van der Waals surface area (Å²) in [5.74, 6) is -0.753. The molecule has 22 heavy (non-hydrogen) atoms. The van der Waals surface area contributed by atoms with Gasteiger partial charge in [0.1, 0.15) is 11.3 Å². The first-order chi connectivity index (χ1) is 10.6. The highest BCUT2D eigenvalue weighted by Crippen LogP contribution is 2.32. The molecule has 0 radical (unpaired) electrons. The largest absolute Gasteiger partial charge is 0.506 e. The number of pyridine rings is 1. The molecule has 3 N–H and O–H groups in total. The Bertz CT molecular complexity index is 831. The van der Waals surface area contributed by atoms with Crippen molar-refractivity contribution in [2.24, 2.45) is 0 Å². The number of nitrogens with one attached hydrogen (secondary N) is 1. The average Bonchev–Trinajstić information content (AvgIpc) is 2.99. The number of carbonyl (C=O) groups is 1. The molecule has 1 amide bonds. The highest BCUT2D eigenvalue weighted by Gasteiger charge is 2.24. The third kappa shape index (κ3) is 2.51. The molecular weight excluding hydrogens is 302 g/mol. The maximum atomic E-state index is 12.4. The Balaban J connectivity index is 2.15. The fourth-order valence-corrected chi connectivity index (χ4v) is 2.71. The molecule has 1 atom stereocenters. The van der Waals surface area contributed by atoms with Gasteiger partial charge in [-0.15, -0.1) is 11.3 Å². The molecule has 1 aromatic carbocycles. The van der Waals surface area contributed by atoms with Gasteiger partial charge in [0, 0.05) is 17.0 Å². The maximum absolute atomic E-state index is 12.4. The van der Waals surface area contributed by atoms with Gasteiger partial charge in [0.2, 0.25) is 0 Å². The number of amides is 1. The van der Waals surface area contributed by atoms with Gasteiger partial charge < -0.3 is 10.2 Å². The third-order valence-corrected chi connectivity index (χ3v) is 3.86. The summed E-state index contributed by atoms with van der Waals surface area (Å²) in [7, 11) is 0. The number of aliphatic hydroxyl groups is 1. The number of fused-ring (bicyclic) bond motifs is 1. The van der Waals surface area contributed by atoms with Crippen LogP contribution in [-0.2, 0) is 0 Å². The Labute approximate surface area is 130 Å². The number of benzene rings is 1. The average molecular weight is 315 g/mol. The van der Waals surface area contributed by atoms with E-state index in [1.54, 1.807) is 35.8 Å². The summed E-state index contributed by atoms with van der Waals surface area (Å²) < 4.78 is 0. The summed E-state index contributed by atoms with van der Waals surface area (Å²) in [6.45, 7) is 1.50. The van der Waals surface area contributed by atoms with Crippen molar-refractivity contribution in [3.05, 3.63) is 47.1 Å². The summed E-state index contributed by atoms with van der Waals surface area (Å²) in [5, 5.41) is 25.5. The molecular formula is C15H13N3O3S. The number of aromatic nitrogens is 2. The Hall–Kier alpha value is -2.51. The standard InChI is InChI=1S/C15H13N3O3S/c1-8(19)12-11(14(21)18-15-16-6-7-22-15)13(20)9-4-2-3-5-10(9)17-12/h2-8,19H,1H3,(H,17,20)(H,16,18,21). The van der Waals surface area contributed by atoms with Crippen LogP contribution in [-0.4, -0.2) is 26.1 Å². The molecule has 0 spiro atoms. The van der Waals surface area contributed by atoms with E-state index < -0.39 is 12.0 Å². The van der Waals surface area contributed by atoms with Crippen LogP contribution in [0.3, 0.4) is 0 Å². The number of para-hydroxylation sites is 1. The molecule has 0 saturated heterocycles. The predicted molar refractivity (Wildman–Crippen MR) is 84.1 cm³/mol. The minimum Gasteiger partial charge on any atom is -0.506 e. The molecule has 0 bridgehead atoms. The molecule has 1 unspecified atom stereocenters. The molecule has 0 aliphatic carbocycles. The second-order valence-electron chi connectivity index (χ2n) is 4.71. The van der Waals surface area contributed by atoms with Crippen LogP contribution in [0.25, 0.3) is 10.9 Å². The lowest BCUT2D eigenvalue weighted by Gasteiger charge is -2.14. The second kappa shape index (κ2) is 5.70. The second-order valence-corrected chi connectivity index (χ2v) is 5.60. The number of hydrogen-bond acceptors (Lipinski definition) is 6. The highest BCUT2D eigenvalue weighted by molar-refractivity contribution is 7.13. The fourth-order valence-electron chi connectivity index (χ4n) is 2.18. The number of nitrogens with zero attached hydrogens (tertiary/aromatic N) is 2. The van der Waals surface area contributed by atoms with Crippen molar-refractivity contribution in [1.29, 1.82) is 0 Å². The van der Waals surface area contributed by atoms with E-state index >= 15 is 0 Å². The topological polar surface area (TPSA) is 95.3 Å². The van der Waals surface area contributed by atoms with Crippen LogP contribution >= 0.6 is 11.3 Å². The number of rotatable bonds is 3. The van der Waals surface area contributed by atoms with Crippen LogP contribution in [0.4, 0.5) is 5.13 Å². The Morgan fingerprint density at radius 2 is 2.14 bits per heavy atom. The summed E-state index contributed by atoms with van der Waals surface area (Å²) in [5.41, 5.74) is 0.607. The van der Waals surface area contributed by atoms with E-state index in [9.17, 15) is 15.0 Å².